The summed E-state index contributed by atoms with van der Waals surface area (Å²) in [4.78, 5) is 8.45. The molecule has 0 saturated carbocycles. The Morgan fingerprint density at radius 3 is 2.62 bits per heavy atom. The van der Waals surface area contributed by atoms with Gasteiger partial charge in [-0.25, -0.2) is 4.99 Å². The molecule has 0 aromatic carbocycles. The van der Waals surface area contributed by atoms with Crippen LogP contribution in [0.5, 0.6) is 0 Å². The third-order valence-electron chi connectivity index (χ3n) is 1.91. The largest absolute Gasteiger partial charge is 0.370 e. The zero-order valence-corrected chi connectivity index (χ0v) is 10.4. The van der Waals surface area contributed by atoms with Crippen LogP contribution in [0.15, 0.2) is 23.3 Å². The molecule has 0 unspecified atom stereocenters. The van der Waals surface area contributed by atoms with Gasteiger partial charge in [0.15, 0.2) is 5.96 Å². The lowest BCUT2D eigenvalue weighted by molar-refractivity contribution is 0.508. The first-order valence-corrected chi connectivity index (χ1v) is 5.36. The number of nitrogens with zero attached hydrogens (tertiary/aromatic N) is 2. The zero-order valence-electron chi connectivity index (χ0n) is 10.4. The van der Waals surface area contributed by atoms with E-state index in [1.165, 1.54) is 0 Å². The minimum atomic E-state index is -0.0564. The predicted octanol–water partition coefficient (Wildman–Crippen LogP) is 1.59. The van der Waals surface area contributed by atoms with Crippen molar-refractivity contribution in [2.45, 2.75) is 39.8 Å². The van der Waals surface area contributed by atoms with Crippen molar-refractivity contribution >= 4 is 5.96 Å². The Hall–Kier alpha value is -1.58. The van der Waals surface area contributed by atoms with Crippen LogP contribution in [0.3, 0.4) is 0 Å². The first-order valence-electron chi connectivity index (χ1n) is 5.36. The van der Waals surface area contributed by atoms with Crippen molar-refractivity contribution in [2.24, 2.45) is 10.7 Å². The number of nitrogens with two attached hydrogens (primary N) is 1. The summed E-state index contributed by atoms with van der Waals surface area (Å²) in [6.45, 7) is 8.65. The highest BCUT2D eigenvalue weighted by Gasteiger charge is 2.09. The first kappa shape index (κ1) is 12.5. The van der Waals surface area contributed by atoms with Gasteiger partial charge in [0.1, 0.15) is 0 Å². The molecule has 1 aromatic rings. The van der Waals surface area contributed by atoms with Crippen molar-refractivity contribution in [1.29, 1.82) is 0 Å². The van der Waals surface area contributed by atoms with E-state index in [1.807, 2.05) is 46.0 Å². The number of aliphatic imine (C=N–C) groups is 1. The Bertz CT molecular complexity index is 360. The van der Waals surface area contributed by atoms with Gasteiger partial charge in [-0.05, 0) is 39.3 Å². The highest BCUT2D eigenvalue weighted by Crippen LogP contribution is 2.01. The summed E-state index contributed by atoms with van der Waals surface area (Å²) in [5, 5.41) is 3.11. The fourth-order valence-corrected chi connectivity index (χ4v) is 1.19. The Kier molecular flexibility index (Phi) is 3.88. The van der Waals surface area contributed by atoms with Gasteiger partial charge in [-0.1, -0.05) is 6.07 Å². The van der Waals surface area contributed by atoms with Gasteiger partial charge in [0, 0.05) is 17.4 Å². The van der Waals surface area contributed by atoms with Gasteiger partial charge in [0.25, 0.3) is 0 Å². The first-order chi connectivity index (χ1) is 7.37. The number of nitrogens with one attached hydrogen (secondary N) is 1. The Morgan fingerprint density at radius 1 is 1.44 bits per heavy atom. The van der Waals surface area contributed by atoms with Gasteiger partial charge in [-0.3, -0.25) is 4.98 Å². The molecule has 0 atom stereocenters. The number of hydrogen-bond acceptors (Lipinski definition) is 2. The molecule has 0 fully saturated rings. The number of aryl methyl sites for hydroxylation is 1. The Morgan fingerprint density at radius 2 is 2.12 bits per heavy atom. The number of pyridine rings is 1. The third kappa shape index (κ3) is 4.77. The topological polar surface area (TPSA) is 63.3 Å². The second kappa shape index (κ2) is 4.96. The average molecular weight is 220 g/mol. The summed E-state index contributed by atoms with van der Waals surface area (Å²) in [5.41, 5.74) is 7.77. The van der Waals surface area contributed by atoms with Crippen molar-refractivity contribution in [3.8, 4) is 0 Å². The van der Waals surface area contributed by atoms with Crippen molar-refractivity contribution in [1.82, 2.24) is 10.3 Å². The molecule has 1 aromatic heterocycles. The second-order valence-electron chi connectivity index (χ2n) is 4.88. The lowest BCUT2D eigenvalue weighted by Gasteiger charge is -2.20. The molecule has 0 radical (unpaired) electrons. The maximum absolute atomic E-state index is 5.76. The van der Waals surface area contributed by atoms with Crippen molar-refractivity contribution in [3.63, 3.8) is 0 Å². The molecule has 1 heterocycles. The summed E-state index contributed by atoms with van der Waals surface area (Å²) >= 11 is 0. The standard InChI is InChI=1S/C12H20N4/c1-9-5-6-10(7-14-9)8-15-11(13)16-12(2,3)4/h5-7H,8H2,1-4H3,(H3,13,15,16). The maximum atomic E-state index is 5.76. The molecule has 0 aliphatic heterocycles. The lowest BCUT2D eigenvalue weighted by Crippen LogP contribution is -2.44. The highest BCUT2D eigenvalue weighted by molar-refractivity contribution is 5.78. The van der Waals surface area contributed by atoms with Gasteiger partial charge in [0.05, 0.1) is 6.54 Å². The number of rotatable bonds is 2. The summed E-state index contributed by atoms with van der Waals surface area (Å²) in [7, 11) is 0. The molecule has 88 valence electrons. The van der Waals surface area contributed by atoms with Crippen LogP contribution in [0.2, 0.25) is 0 Å². The summed E-state index contributed by atoms with van der Waals surface area (Å²) in [5.74, 6) is 0.466. The molecule has 0 saturated heterocycles. The quantitative estimate of drug-likeness (QED) is 0.587. The normalized spacial score (nSPS) is 12.6. The molecule has 0 bridgehead atoms. The number of hydrogen-bond donors (Lipinski definition) is 2. The SMILES string of the molecule is Cc1ccc(CN=C(N)NC(C)(C)C)cn1. The lowest BCUT2D eigenvalue weighted by atomic mass is 10.1. The molecule has 0 spiro atoms. The summed E-state index contributed by atoms with van der Waals surface area (Å²) < 4.78 is 0. The van der Waals surface area contributed by atoms with E-state index in [1.54, 1.807) is 0 Å². The van der Waals surface area contributed by atoms with Crippen LogP contribution in [0.25, 0.3) is 0 Å². The highest BCUT2D eigenvalue weighted by atomic mass is 15.1. The third-order valence-corrected chi connectivity index (χ3v) is 1.91. The fourth-order valence-electron chi connectivity index (χ4n) is 1.19. The minimum Gasteiger partial charge on any atom is -0.370 e. The van der Waals surface area contributed by atoms with Crippen LogP contribution in [0.4, 0.5) is 0 Å². The van der Waals surface area contributed by atoms with Crippen molar-refractivity contribution in [2.75, 3.05) is 0 Å². The van der Waals surface area contributed by atoms with Crippen LogP contribution in [-0.2, 0) is 6.54 Å². The predicted molar refractivity (Wildman–Crippen MR) is 67.2 cm³/mol. The summed E-state index contributed by atoms with van der Waals surface area (Å²) in [6, 6.07) is 3.98. The fraction of sp³-hybridized carbons (Fsp3) is 0.500. The van der Waals surface area contributed by atoms with E-state index in [9.17, 15) is 0 Å². The van der Waals surface area contributed by atoms with E-state index < -0.39 is 0 Å². The van der Waals surface area contributed by atoms with E-state index in [4.69, 9.17) is 5.73 Å². The van der Waals surface area contributed by atoms with E-state index in [2.05, 4.69) is 15.3 Å². The van der Waals surface area contributed by atoms with Crippen LogP contribution >= 0.6 is 0 Å². The van der Waals surface area contributed by atoms with E-state index in [0.29, 0.717) is 12.5 Å². The van der Waals surface area contributed by atoms with Crippen LogP contribution < -0.4 is 11.1 Å². The molecule has 16 heavy (non-hydrogen) atoms. The molecular weight excluding hydrogens is 200 g/mol. The molecule has 1 rings (SSSR count). The monoisotopic (exact) mass is 220 g/mol. The molecule has 3 N–H and O–H groups in total. The Balaban J connectivity index is 2.56. The van der Waals surface area contributed by atoms with Crippen LogP contribution in [0.1, 0.15) is 32.0 Å². The number of guanidine groups is 1. The minimum absolute atomic E-state index is 0.0564. The van der Waals surface area contributed by atoms with E-state index in [-0.39, 0.29) is 5.54 Å². The average Bonchev–Trinajstić information content (AvgIpc) is 2.14. The second-order valence-corrected chi connectivity index (χ2v) is 4.88. The summed E-state index contributed by atoms with van der Waals surface area (Å²) in [6.07, 6.45) is 1.82. The molecule has 0 aliphatic rings. The van der Waals surface area contributed by atoms with E-state index >= 15 is 0 Å². The van der Waals surface area contributed by atoms with Crippen LogP contribution in [0, 0.1) is 6.92 Å². The molecule has 4 heteroatoms. The maximum Gasteiger partial charge on any atom is 0.189 e. The van der Waals surface area contributed by atoms with Crippen LogP contribution in [-0.4, -0.2) is 16.5 Å². The van der Waals surface area contributed by atoms with Crippen molar-refractivity contribution in [3.05, 3.63) is 29.6 Å². The molecule has 0 aliphatic carbocycles. The van der Waals surface area contributed by atoms with Gasteiger partial charge >= 0.3 is 0 Å². The van der Waals surface area contributed by atoms with E-state index in [0.717, 1.165) is 11.3 Å². The molecular formula is C12H20N4. The van der Waals surface area contributed by atoms with Gasteiger partial charge in [-0.15, -0.1) is 0 Å². The van der Waals surface area contributed by atoms with Gasteiger partial charge in [-0.2, -0.15) is 0 Å². The van der Waals surface area contributed by atoms with Crippen molar-refractivity contribution < 1.29 is 0 Å². The molecule has 0 amide bonds. The molecule has 4 nitrogen and oxygen atoms in total. The number of aromatic nitrogens is 1. The van der Waals surface area contributed by atoms with Gasteiger partial charge < -0.3 is 11.1 Å². The smallest absolute Gasteiger partial charge is 0.189 e. The Labute approximate surface area is 97.0 Å². The zero-order chi connectivity index (χ0) is 12.2. The van der Waals surface area contributed by atoms with Gasteiger partial charge in [0.2, 0.25) is 0 Å².